The molecular weight excluding hydrogens is 534 g/mol. The van der Waals surface area contributed by atoms with E-state index in [2.05, 4.69) is 31.7 Å². The molecule has 8 rings (SSSR count). The quantitative estimate of drug-likeness (QED) is 0.315. The lowest BCUT2D eigenvalue weighted by atomic mass is 9.33. The number of carboxylic acids is 1. The third-order valence-corrected chi connectivity index (χ3v) is 12.8. The molecular formula is C34H47NO7. The highest BCUT2D eigenvalue weighted by molar-refractivity contribution is 5.76. The monoisotopic (exact) mass is 581 g/mol. The fraction of sp³-hybridized carbons (Fsp3) is 0.765. The molecule has 0 aromatic heterocycles. The van der Waals surface area contributed by atoms with Gasteiger partial charge < -0.3 is 24.4 Å². The van der Waals surface area contributed by atoms with Gasteiger partial charge in [-0.15, -0.1) is 0 Å². The van der Waals surface area contributed by atoms with E-state index < -0.39 is 23.1 Å². The van der Waals surface area contributed by atoms with Crippen molar-refractivity contribution in [1.82, 2.24) is 4.90 Å². The number of likely N-dealkylation sites (tertiary alicyclic amines) is 1. The largest absolute Gasteiger partial charge is 0.482 e. The van der Waals surface area contributed by atoms with Crippen LogP contribution in [0.3, 0.4) is 0 Å². The topological polar surface area (TPSA) is 106 Å². The number of carbonyl (C=O) groups is 2. The zero-order valence-corrected chi connectivity index (χ0v) is 25.8. The van der Waals surface area contributed by atoms with Gasteiger partial charge in [0.2, 0.25) is 0 Å². The SMILES string of the molecule is COC12CC[C@@]3(C[C@@H]1[C@](C)(O)C(C)(C)C)[C@H]1Cc4ccc(OC(=O)CCCC(=O)O)c5c4[C@@]3(CCN1CC1CC1)[C@H]2O5. The van der Waals surface area contributed by atoms with Crippen LogP contribution in [-0.2, 0) is 26.2 Å². The molecule has 0 amide bonds. The van der Waals surface area contributed by atoms with E-state index in [0.29, 0.717) is 17.5 Å². The number of aliphatic carboxylic acids is 1. The summed E-state index contributed by atoms with van der Waals surface area (Å²) >= 11 is 0. The van der Waals surface area contributed by atoms with Crippen LogP contribution < -0.4 is 9.47 Å². The fourth-order valence-corrected chi connectivity index (χ4v) is 10.2. The average Bonchev–Trinajstić information content (AvgIpc) is 3.67. The molecule has 7 aliphatic rings. The molecule has 2 N–H and O–H groups in total. The molecule has 42 heavy (non-hydrogen) atoms. The Morgan fingerprint density at radius 3 is 2.55 bits per heavy atom. The smallest absolute Gasteiger partial charge is 0.311 e. The summed E-state index contributed by atoms with van der Waals surface area (Å²) in [5.74, 6) is 0.408. The minimum absolute atomic E-state index is 0.0397. The van der Waals surface area contributed by atoms with Crippen LogP contribution in [0.1, 0.15) is 96.6 Å². The van der Waals surface area contributed by atoms with Gasteiger partial charge in [-0.3, -0.25) is 14.5 Å². The molecule has 8 heteroatoms. The first-order valence-electron chi connectivity index (χ1n) is 16.1. The van der Waals surface area contributed by atoms with Gasteiger partial charge in [-0.25, -0.2) is 0 Å². The number of ether oxygens (including phenoxy) is 3. The zero-order chi connectivity index (χ0) is 29.9. The number of hydrogen-bond donors (Lipinski definition) is 2. The molecule has 2 spiro atoms. The van der Waals surface area contributed by atoms with E-state index in [0.717, 1.165) is 51.1 Å². The molecule has 0 radical (unpaired) electrons. The van der Waals surface area contributed by atoms with Gasteiger partial charge >= 0.3 is 11.9 Å². The maximum atomic E-state index is 12.9. The maximum absolute atomic E-state index is 12.9. The number of methoxy groups -OCH3 is 1. The Bertz CT molecular complexity index is 1310. The van der Waals surface area contributed by atoms with Crippen molar-refractivity contribution < 1.29 is 34.0 Å². The summed E-state index contributed by atoms with van der Waals surface area (Å²) in [7, 11) is 1.79. The molecule has 230 valence electrons. The van der Waals surface area contributed by atoms with Gasteiger partial charge in [0.25, 0.3) is 0 Å². The van der Waals surface area contributed by atoms with Gasteiger partial charge in [-0.2, -0.15) is 0 Å². The predicted octanol–water partition coefficient (Wildman–Crippen LogP) is 4.87. The predicted molar refractivity (Wildman–Crippen MR) is 156 cm³/mol. The van der Waals surface area contributed by atoms with E-state index in [4.69, 9.17) is 19.3 Å². The minimum Gasteiger partial charge on any atom is -0.482 e. The lowest BCUT2D eigenvalue weighted by Crippen LogP contribution is -2.83. The lowest BCUT2D eigenvalue weighted by molar-refractivity contribution is -0.312. The number of benzene rings is 1. The highest BCUT2D eigenvalue weighted by atomic mass is 16.6. The summed E-state index contributed by atoms with van der Waals surface area (Å²) in [5.41, 5.74) is 0.102. The average molecular weight is 582 g/mol. The number of fused-ring (bicyclic) bond motifs is 2. The summed E-state index contributed by atoms with van der Waals surface area (Å²) in [4.78, 5) is 26.6. The van der Waals surface area contributed by atoms with Gasteiger partial charge in [0.05, 0.1) is 5.60 Å². The Balaban J connectivity index is 1.36. The molecule has 2 aliphatic heterocycles. The second kappa shape index (κ2) is 9.18. The number of rotatable bonds is 9. The number of esters is 1. The molecule has 5 fully saturated rings. The molecule has 4 bridgehead atoms. The van der Waals surface area contributed by atoms with Gasteiger partial charge in [0.1, 0.15) is 11.7 Å². The molecule has 1 aromatic rings. The Labute approximate surface area is 249 Å². The van der Waals surface area contributed by atoms with Crippen molar-refractivity contribution in [2.24, 2.45) is 22.7 Å². The first kappa shape index (κ1) is 28.6. The van der Waals surface area contributed by atoms with Crippen molar-refractivity contribution in [2.75, 3.05) is 20.2 Å². The van der Waals surface area contributed by atoms with Crippen LogP contribution >= 0.6 is 0 Å². The minimum atomic E-state index is -0.995. The van der Waals surface area contributed by atoms with Crippen LogP contribution in [0.15, 0.2) is 12.1 Å². The van der Waals surface area contributed by atoms with Crippen molar-refractivity contribution in [1.29, 1.82) is 0 Å². The zero-order valence-electron chi connectivity index (χ0n) is 25.8. The van der Waals surface area contributed by atoms with Crippen LogP contribution in [0.5, 0.6) is 11.5 Å². The normalized spacial score (nSPS) is 37.5. The van der Waals surface area contributed by atoms with Crippen LogP contribution in [0.4, 0.5) is 0 Å². The van der Waals surface area contributed by atoms with Crippen LogP contribution in [-0.4, -0.2) is 70.6 Å². The second-order valence-corrected chi connectivity index (χ2v) is 15.5. The molecule has 5 aliphatic carbocycles. The number of carbonyl (C=O) groups excluding carboxylic acids is 1. The van der Waals surface area contributed by atoms with Gasteiger partial charge in [0, 0.05) is 54.8 Å². The molecule has 8 nitrogen and oxygen atoms in total. The fourth-order valence-electron chi connectivity index (χ4n) is 10.2. The Morgan fingerprint density at radius 1 is 1.12 bits per heavy atom. The summed E-state index contributed by atoms with van der Waals surface area (Å²) in [5, 5.41) is 21.4. The van der Waals surface area contributed by atoms with Gasteiger partial charge in [-0.1, -0.05) is 26.8 Å². The Morgan fingerprint density at radius 2 is 1.88 bits per heavy atom. The van der Waals surface area contributed by atoms with E-state index in [9.17, 15) is 14.7 Å². The first-order valence-corrected chi connectivity index (χ1v) is 16.1. The van der Waals surface area contributed by atoms with E-state index >= 15 is 0 Å². The van der Waals surface area contributed by atoms with Crippen LogP contribution in [0.25, 0.3) is 0 Å². The summed E-state index contributed by atoms with van der Waals surface area (Å²) < 4.78 is 19.7. The number of nitrogens with zero attached hydrogens (tertiary/aromatic N) is 1. The summed E-state index contributed by atoms with van der Waals surface area (Å²) in [6.07, 6.45) is 7.20. The van der Waals surface area contributed by atoms with E-state index in [-0.39, 0.29) is 47.5 Å². The van der Waals surface area contributed by atoms with E-state index in [1.54, 1.807) is 7.11 Å². The molecule has 1 saturated heterocycles. The van der Waals surface area contributed by atoms with Crippen LogP contribution in [0, 0.1) is 22.7 Å². The van der Waals surface area contributed by atoms with Crippen molar-refractivity contribution in [3.63, 3.8) is 0 Å². The summed E-state index contributed by atoms with van der Waals surface area (Å²) in [6, 6.07) is 4.38. The highest BCUT2D eigenvalue weighted by Crippen LogP contribution is 2.78. The Hall–Kier alpha value is -2.16. The van der Waals surface area contributed by atoms with Crippen LogP contribution in [0.2, 0.25) is 0 Å². The van der Waals surface area contributed by atoms with E-state index in [1.165, 1.54) is 24.0 Å². The molecule has 1 unspecified atom stereocenters. The Kier molecular flexibility index (Phi) is 6.25. The molecule has 1 aromatic carbocycles. The number of aliphatic hydroxyl groups is 1. The van der Waals surface area contributed by atoms with Gasteiger partial charge in [-0.05, 0) is 87.8 Å². The lowest BCUT2D eigenvalue weighted by Gasteiger charge is -2.75. The number of hydrogen-bond acceptors (Lipinski definition) is 7. The highest BCUT2D eigenvalue weighted by Gasteiger charge is 2.82. The van der Waals surface area contributed by atoms with Gasteiger partial charge in [0.15, 0.2) is 11.5 Å². The van der Waals surface area contributed by atoms with E-state index in [1.807, 2.05) is 13.0 Å². The molecule has 4 saturated carbocycles. The third-order valence-electron chi connectivity index (χ3n) is 12.8. The van der Waals surface area contributed by atoms with Crippen molar-refractivity contribution in [3.8, 4) is 11.5 Å². The number of piperidine rings is 1. The molecule has 2 heterocycles. The third kappa shape index (κ3) is 3.64. The van der Waals surface area contributed by atoms with Crippen molar-refractivity contribution in [2.45, 2.75) is 121 Å². The number of carboxylic acid groups (broad SMARTS) is 1. The standard InChI is InChI=1S/C34H47NO7/c1-30(2,3)31(4,39)23-18-32-13-14-34(23,40-5)29-33(32)15-16-35(19-20-9-10-20)24(32)17-21-11-12-22(28(42-29)27(21)33)41-26(38)8-6-7-25(36)37/h11-12,20,23-24,29,39H,6-10,13-19H2,1-5H3,(H,36,37)/t23-,24-,29-,31+,32-,33+,34?/m1/s1. The van der Waals surface area contributed by atoms with Crippen molar-refractivity contribution >= 4 is 11.9 Å². The first-order chi connectivity index (χ1) is 19.8. The summed E-state index contributed by atoms with van der Waals surface area (Å²) in [6.45, 7) is 10.5. The maximum Gasteiger partial charge on any atom is 0.311 e. The van der Waals surface area contributed by atoms with Crippen molar-refractivity contribution in [3.05, 3.63) is 23.3 Å². The molecule has 7 atom stereocenters. The second-order valence-electron chi connectivity index (χ2n) is 15.5.